The maximum Gasteiger partial charge on any atom is 0.371 e. The third-order valence-corrected chi connectivity index (χ3v) is 3.45. The number of anilines is 1. The first-order valence-electron chi connectivity index (χ1n) is 5.39. The molecule has 1 heterocycles. The van der Waals surface area contributed by atoms with E-state index in [2.05, 4.69) is 21.2 Å². The van der Waals surface area contributed by atoms with E-state index in [9.17, 15) is 4.79 Å². The summed E-state index contributed by atoms with van der Waals surface area (Å²) < 4.78 is 6.19. The molecule has 0 aliphatic rings. The summed E-state index contributed by atoms with van der Waals surface area (Å²) in [5, 5.41) is 11.9. The van der Waals surface area contributed by atoms with Crippen LogP contribution in [0.3, 0.4) is 0 Å². The van der Waals surface area contributed by atoms with Crippen LogP contribution in [0.25, 0.3) is 0 Å². The molecule has 94 valence electrons. The molecule has 0 amide bonds. The molecule has 0 spiro atoms. The van der Waals surface area contributed by atoms with E-state index < -0.39 is 5.97 Å². The van der Waals surface area contributed by atoms with Gasteiger partial charge in [-0.3, -0.25) is 0 Å². The lowest BCUT2D eigenvalue weighted by Crippen LogP contribution is -2.00. The fourth-order valence-electron chi connectivity index (χ4n) is 1.57. The van der Waals surface area contributed by atoms with Crippen molar-refractivity contribution in [1.29, 1.82) is 0 Å². The summed E-state index contributed by atoms with van der Waals surface area (Å²) in [4.78, 5) is 10.7. The van der Waals surface area contributed by atoms with Crippen LogP contribution in [0.4, 0.5) is 5.69 Å². The molecule has 0 saturated carbocycles. The Bertz CT molecular complexity index is 577. The maximum absolute atomic E-state index is 10.7. The van der Waals surface area contributed by atoms with Crippen molar-refractivity contribution in [2.75, 3.05) is 5.32 Å². The summed E-state index contributed by atoms with van der Waals surface area (Å²) in [5.74, 6) is -0.510. The maximum atomic E-state index is 10.7. The second-order valence-electron chi connectivity index (χ2n) is 3.84. The van der Waals surface area contributed by atoms with Gasteiger partial charge in [0.2, 0.25) is 5.76 Å². The molecular formula is C13H12BrNO3. The van der Waals surface area contributed by atoms with Crippen LogP contribution in [0.1, 0.15) is 21.9 Å². The molecule has 0 aliphatic heterocycles. The molecule has 0 unspecified atom stereocenters. The standard InChI is InChI=1S/C13H12BrNO3/c1-8-10(14)3-2-4-11(8)15-7-9-5-6-12(18-9)13(16)17/h2-6,15H,7H2,1H3,(H,16,17). The zero-order chi connectivity index (χ0) is 13.1. The first kappa shape index (κ1) is 12.7. The van der Waals surface area contributed by atoms with E-state index in [1.165, 1.54) is 6.07 Å². The number of carboxylic acids is 1. The fraction of sp³-hybridized carbons (Fsp3) is 0.154. The minimum atomic E-state index is -1.06. The first-order chi connectivity index (χ1) is 8.58. The van der Waals surface area contributed by atoms with Gasteiger partial charge in [0.1, 0.15) is 5.76 Å². The molecular weight excluding hydrogens is 298 g/mol. The molecule has 1 aromatic carbocycles. The fourth-order valence-corrected chi connectivity index (χ4v) is 1.94. The lowest BCUT2D eigenvalue weighted by molar-refractivity contribution is 0.0660. The Kier molecular flexibility index (Phi) is 3.72. The van der Waals surface area contributed by atoms with Crippen molar-refractivity contribution in [3.63, 3.8) is 0 Å². The van der Waals surface area contributed by atoms with Crippen LogP contribution in [-0.2, 0) is 6.54 Å². The number of carboxylic acid groups (broad SMARTS) is 1. The molecule has 0 bridgehead atoms. The van der Waals surface area contributed by atoms with Gasteiger partial charge in [0.05, 0.1) is 6.54 Å². The Balaban J connectivity index is 2.07. The molecule has 0 aliphatic carbocycles. The van der Waals surface area contributed by atoms with Gasteiger partial charge in [-0.05, 0) is 36.8 Å². The molecule has 0 atom stereocenters. The molecule has 1 aromatic heterocycles. The van der Waals surface area contributed by atoms with Crippen molar-refractivity contribution < 1.29 is 14.3 Å². The van der Waals surface area contributed by atoms with Gasteiger partial charge in [0, 0.05) is 10.2 Å². The normalized spacial score (nSPS) is 10.3. The number of nitrogens with one attached hydrogen (secondary N) is 1. The highest BCUT2D eigenvalue weighted by molar-refractivity contribution is 9.10. The third kappa shape index (κ3) is 2.73. The van der Waals surface area contributed by atoms with Gasteiger partial charge in [-0.1, -0.05) is 22.0 Å². The number of carbonyl (C=O) groups is 1. The van der Waals surface area contributed by atoms with Crippen molar-refractivity contribution in [2.45, 2.75) is 13.5 Å². The number of halogens is 1. The van der Waals surface area contributed by atoms with Crippen LogP contribution < -0.4 is 5.32 Å². The highest BCUT2D eigenvalue weighted by Crippen LogP contribution is 2.24. The van der Waals surface area contributed by atoms with E-state index in [1.54, 1.807) is 6.07 Å². The minimum Gasteiger partial charge on any atom is -0.475 e. The van der Waals surface area contributed by atoms with Crippen molar-refractivity contribution in [3.8, 4) is 0 Å². The van der Waals surface area contributed by atoms with Crippen LogP contribution in [0, 0.1) is 6.92 Å². The van der Waals surface area contributed by atoms with Gasteiger partial charge in [-0.25, -0.2) is 4.79 Å². The monoisotopic (exact) mass is 309 g/mol. The largest absolute Gasteiger partial charge is 0.475 e. The Hall–Kier alpha value is -1.75. The second-order valence-corrected chi connectivity index (χ2v) is 4.69. The number of hydrogen-bond acceptors (Lipinski definition) is 3. The average Bonchev–Trinajstić information content (AvgIpc) is 2.80. The topological polar surface area (TPSA) is 62.5 Å². The molecule has 4 nitrogen and oxygen atoms in total. The van der Waals surface area contributed by atoms with Gasteiger partial charge >= 0.3 is 5.97 Å². The summed E-state index contributed by atoms with van der Waals surface area (Å²) >= 11 is 3.45. The molecule has 2 aromatic rings. The highest BCUT2D eigenvalue weighted by Gasteiger charge is 2.09. The van der Waals surface area contributed by atoms with Crippen LogP contribution in [-0.4, -0.2) is 11.1 Å². The van der Waals surface area contributed by atoms with Crippen LogP contribution in [0.15, 0.2) is 39.2 Å². The van der Waals surface area contributed by atoms with Gasteiger partial charge in [-0.2, -0.15) is 0 Å². The van der Waals surface area contributed by atoms with E-state index in [4.69, 9.17) is 9.52 Å². The predicted molar refractivity (Wildman–Crippen MR) is 71.9 cm³/mol. The van der Waals surface area contributed by atoms with Crippen LogP contribution in [0.2, 0.25) is 0 Å². The quantitative estimate of drug-likeness (QED) is 0.904. The van der Waals surface area contributed by atoms with Gasteiger partial charge in [0.25, 0.3) is 0 Å². The van der Waals surface area contributed by atoms with Crippen molar-refractivity contribution in [3.05, 3.63) is 51.9 Å². The van der Waals surface area contributed by atoms with Crippen LogP contribution >= 0.6 is 15.9 Å². The number of benzene rings is 1. The van der Waals surface area contributed by atoms with E-state index >= 15 is 0 Å². The van der Waals surface area contributed by atoms with E-state index in [1.807, 2.05) is 25.1 Å². The highest BCUT2D eigenvalue weighted by atomic mass is 79.9. The predicted octanol–water partition coefficient (Wildman–Crippen LogP) is 3.66. The molecule has 0 fully saturated rings. The summed E-state index contributed by atoms with van der Waals surface area (Å²) in [6.45, 7) is 2.45. The Labute approximate surface area is 113 Å². The lowest BCUT2D eigenvalue weighted by atomic mass is 10.2. The smallest absolute Gasteiger partial charge is 0.371 e. The van der Waals surface area contributed by atoms with Gasteiger partial charge < -0.3 is 14.8 Å². The Morgan fingerprint density at radius 3 is 2.83 bits per heavy atom. The first-order valence-corrected chi connectivity index (χ1v) is 6.18. The Morgan fingerprint density at radius 1 is 1.39 bits per heavy atom. The average molecular weight is 310 g/mol. The Morgan fingerprint density at radius 2 is 2.17 bits per heavy atom. The zero-order valence-electron chi connectivity index (χ0n) is 9.74. The van der Waals surface area contributed by atoms with Crippen molar-refractivity contribution >= 4 is 27.6 Å². The van der Waals surface area contributed by atoms with E-state index in [0.29, 0.717) is 12.3 Å². The summed E-state index contributed by atoms with van der Waals surface area (Å²) in [6.07, 6.45) is 0. The number of rotatable bonds is 4. The number of hydrogen-bond donors (Lipinski definition) is 2. The molecule has 0 saturated heterocycles. The summed E-state index contributed by atoms with van der Waals surface area (Å²) in [6, 6.07) is 8.97. The molecule has 2 N–H and O–H groups in total. The third-order valence-electron chi connectivity index (χ3n) is 2.59. The van der Waals surface area contributed by atoms with E-state index in [-0.39, 0.29) is 5.76 Å². The minimum absolute atomic E-state index is 0.0437. The molecule has 5 heteroatoms. The summed E-state index contributed by atoms with van der Waals surface area (Å²) in [5.41, 5.74) is 2.08. The second kappa shape index (κ2) is 5.27. The van der Waals surface area contributed by atoms with Crippen molar-refractivity contribution in [2.24, 2.45) is 0 Å². The molecule has 2 rings (SSSR count). The van der Waals surface area contributed by atoms with Gasteiger partial charge in [0.15, 0.2) is 0 Å². The van der Waals surface area contributed by atoms with Crippen LogP contribution in [0.5, 0.6) is 0 Å². The molecule has 18 heavy (non-hydrogen) atoms. The zero-order valence-corrected chi connectivity index (χ0v) is 11.3. The lowest BCUT2D eigenvalue weighted by Gasteiger charge is -2.09. The SMILES string of the molecule is Cc1c(Br)cccc1NCc1ccc(C(=O)O)o1. The van der Waals surface area contributed by atoms with Crippen molar-refractivity contribution in [1.82, 2.24) is 0 Å². The van der Waals surface area contributed by atoms with Gasteiger partial charge in [-0.15, -0.1) is 0 Å². The molecule has 0 radical (unpaired) electrons. The number of furan rings is 1. The van der Waals surface area contributed by atoms with E-state index in [0.717, 1.165) is 15.7 Å². The summed E-state index contributed by atoms with van der Waals surface area (Å²) in [7, 11) is 0. The number of aromatic carboxylic acids is 1.